The predicted octanol–water partition coefficient (Wildman–Crippen LogP) is 6.13. The van der Waals surface area contributed by atoms with E-state index in [2.05, 4.69) is 33.0 Å². The average Bonchev–Trinajstić information content (AvgIpc) is 3.19. The first-order chi connectivity index (χ1) is 14.8. The van der Waals surface area contributed by atoms with Crippen molar-refractivity contribution in [1.29, 1.82) is 5.41 Å². The number of hydrogen-bond acceptors (Lipinski definition) is 3. The Balaban J connectivity index is 1.28. The number of rotatable bonds is 0. The van der Waals surface area contributed by atoms with Crippen molar-refractivity contribution < 1.29 is 4.74 Å². The molecule has 3 heteroatoms. The lowest BCUT2D eigenvalue weighted by Crippen LogP contribution is -2.48. The van der Waals surface area contributed by atoms with Gasteiger partial charge in [0.25, 0.3) is 0 Å². The lowest BCUT2D eigenvalue weighted by atomic mass is 9.52. The third-order valence-corrected chi connectivity index (χ3v) is 11.5. The van der Waals surface area contributed by atoms with E-state index in [9.17, 15) is 0 Å². The summed E-state index contributed by atoms with van der Waals surface area (Å²) < 4.78 is 7.03. The number of hydrogen-bond donors (Lipinski definition) is 2. The Morgan fingerprint density at radius 1 is 1.10 bits per heavy atom. The maximum Gasteiger partial charge on any atom is 0.0765 e. The predicted molar refractivity (Wildman–Crippen MR) is 126 cm³/mol. The van der Waals surface area contributed by atoms with Crippen molar-refractivity contribution in [1.82, 2.24) is 5.32 Å². The molecule has 3 saturated carbocycles. The molecule has 4 aliphatic carbocycles. The quantitative estimate of drug-likeness (QED) is 0.459. The first-order valence-corrected chi connectivity index (χ1v) is 13.5. The molecule has 0 bridgehead atoms. The highest BCUT2D eigenvalue weighted by Gasteiger charge is 2.59. The fourth-order valence-corrected chi connectivity index (χ4v) is 9.64. The molecule has 0 aromatic rings. The molecule has 2 heterocycles. The van der Waals surface area contributed by atoms with Crippen LogP contribution in [0.1, 0.15) is 91.9 Å². The van der Waals surface area contributed by atoms with Gasteiger partial charge < -0.3 is 15.5 Å². The SMILES string of the molecule is CC1=C2C[C@H]3[C@@H](CC[C@@H]4CC(=N)CC[C@@]43C)[C@@H]2CC[C@@]2(C1)O[C@@H]1C[C@H](C)CN[C@H]1[C@H]2C. The third-order valence-electron chi connectivity index (χ3n) is 11.5. The topological polar surface area (TPSA) is 45.1 Å². The molecule has 0 amide bonds. The second kappa shape index (κ2) is 7.16. The number of allylic oxidation sites excluding steroid dienone is 1. The van der Waals surface area contributed by atoms with Gasteiger partial charge in [0, 0.05) is 17.7 Å². The standard InChI is InChI=1S/C28H44N2O/c1-16-11-25-26(30-15-16)18(3)28(31-25)10-8-21-22-6-5-19-12-20(29)7-9-27(19,4)24(22)13-23(21)17(2)14-28/h16,18-19,21-22,24-26,29-30H,5-15H2,1-4H3/t16-,18+,19+,21-,22-,24-,25+,26-,27-,28-/m0/s1. The summed E-state index contributed by atoms with van der Waals surface area (Å²) in [5, 5.41) is 12.1. The van der Waals surface area contributed by atoms with E-state index in [1.165, 1.54) is 51.4 Å². The fourth-order valence-electron chi connectivity index (χ4n) is 9.64. The molecule has 6 aliphatic rings. The summed E-state index contributed by atoms with van der Waals surface area (Å²) in [7, 11) is 0. The van der Waals surface area contributed by atoms with Crippen LogP contribution in [0.3, 0.4) is 0 Å². The molecule has 5 fully saturated rings. The van der Waals surface area contributed by atoms with Crippen LogP contribution in [0.25, 0.3) is 0 Å². The van der Waals surface area contributed by atoms with E-state index >= 15 is 0 Å². The van der Waals surface area contributed by atoms with Gasteiger partial charge in [-0.15, -0.1) is 0 Å². The van der Waals surface area contributed by atoms with Crippen molar-refractivity contribution in [3.8, 4) is 0 Å². The van der Waals surface area contributed by atoms with Crippen LogP contribution in [0.2, 0.25) is 0 Å². The molecular weight excluding hydrogens is 380 g/mol. The van der Waals surface area contributed by atoms with Gasteiger partial charge >= 0.3 is 0 Å². The van der Waals surface area contributed by atoms with E-state index in [1.54, 1.807) is 5.57 Å². The average molecular weight is 425 g/mol. The summed E-state index contributed by atoms with van der Waals surface area (Å²) in [6, 6.07) is 0.562. The van der Waals surface area contributed by atoms with E-state index in [1.807, 2.05) is 5.57 Å². The van der Waals surface area contributed by atoms with Gasteiger partial charge in [-0.1, -0.05) is 31.9 Å². The van der Waals surface area contributed by atoms with Gasteiger partial charge in [0.15, 0.2) is 0 Å². The summed E-state index contributed by atoms with van der Waals surface area (Å²) in [5.41, 5.74) is 5.13. The van der Waals surface area contributed by atoms with Gasteiger partial charge in [-0.3, -0.25) is 0 Å². The van der Waals surface area contributed by atoms with Crippen LogP contribution in [-0.4, -0.2) is 30.0 Å². The van der Waals surface area contributed by atoms with Gasteiger partial charge in [-0.25, -0.2) is 0 Å². The van der Waals surface area contributed by atoms with E-state index in [0.29, 0.717) is 23.5 Å². The van der Waals surface area contributed by atoms with Crippen molar-refractivity contribution in [3.63, 3.8) is 0 Å². The van der Waals surface area contributed by atoms with Gasteiger partial charge in [-0.05, 0) is 113 Å². The normalized spacial score (nSPS) is 54.3. The van der Waals surface area contributed by atoms with Crippen LogP contribution < -0.4 is 5.32 Å². The van der Waals surface area contributed by atoms with Gasteiger partial charge in [0.1, 0.15) is 0 Å². The summed E-state index contributed by atoms with van der Waals surface area (Å²) in [6.07, 6.45) is 13.0. The van der Waals surface area contributed by atoms with E-state index in [0.717, 1.165) is 54.7 Å². The van der Waals surface area contributed by atoms with Crippen molar-refractivity contribution in [2.75, 3.05) is 6.54 Å². The van der Waals surface area contributed by atoms with Gasteiger partial charge in [-0.2, -0.15) is 0 Å². The van der Waals surface area contributed by atoms with Crippen molar-refractivity contribution in [3.05, 3.63) is 11.1 Å². The maximum atomic E-state index is 8.27. The smallest absolute Gasteiger partial charge is 0.0765 e. The zero-order valence-corrected chi connectivity index (χ0v) is 20.3. The van der Waals surface area contributed by atoms with Gasteiger partial charge in [0.2, 0.25) is 0 Å². The van der Waals surface area contributed by atoms with Crippen LogP contribution in [0.4, 0.5) is 0 Å². The van der Waals surface area contributed by atoms with Crippen LogP contribution >= 0.6 is 0 Å². The summed E-state index contributed by atoms with van der Waals surface area (Å²) >= 11 is 0. The second-order valence-corrected chi connectivity index (χ2v) is 13.0. The lowest BCUT2D eigenvalue weighted by molar-refractivity contribution is -0.0734. The van der Waals surface area contributed by atoms with Gasteiger partial charge in [0.05, 0.1) is 11.7 Å². The fraction of sp³-hybridized carbons (Fsp3) is 0.893. The van der Waals surface area contributed by atoms with E-state index in [4.69, 9.17) is 10.1 Å². The zero-order chi connectivity index (χ0) is 21.5. The number of fused-ring (bicyclic) bond motifs is 6. The third kappa shape index (κ3) is 3.01. The van der Waals surface area contributed by atoms with Crippen molar-refractivity contribution >= 4 is 5.71 Å². The highest BCUT2D eigenvalue weighted by atomic mass is 16.5. The second-order valence-electron chi connectivity index (χ2n) is 13.0. The summed E-state index contributed by atoms with van der Waals surface area (Å²) in [5.74, 6) is 4.71. The summed E-state index contributed by atoms with van der Waals surface area (Å²) in [4.78, 5) is 0. The molecule has 3 nitrogen and oxygen atoms in total. The Hall–Kier alpha value is -0.670. The minimum absolute atomic E-state index is 0.0737. The molecule has 6 rings (SSSR count). The van der Waals surface area contributed by atoms with Crippen molar-refractivity contribution in [2.45, 2.75) is 110 Å². The minimum atomic E-state index is 0.0737. The Morgan fingerprint density at radius 3 is 2.77 bits per heavy atom. The van der Waals surface area contributed by atoms with Crippen molar-refractivity contribution in [2.24, 2.45) is 40.9 Å². The van der Waals surface area contributed by atoms with Crippen LogP contribution in [0, 0.1) is 46.3 Å². The molecule has 1 spiro atoms. The Morgan fingerprint density at radius 2 is 1.94 bits per heavy atom. The van der Waals surface area contributed by atoms with E-state index in [-0.39, 0.29) is 5.60 Å². The van der Waals surface area contributed by atoms with E-state index < -0.39 is 0 Å². The first kappa shape index (κ1) is 20.9. The number of piperidine rings is 1. The molecule has 172 valence electrons. The molecule has 0 aromatic heterocycles. The molecule has 0 unspecified atom stereocenters. The number of ether oxygens (including phenoxy) is 1. The van der Waals surface area contributed by atoms with Crippen LogP contribution in [0.15, 0.2) is 11.1 Å². The minimum Gasteiger partial charge on any atom is -0.369 e. The molecular formula is C28H44N2O. The Kier molecular flexibility index (Phi) is 4.83. The highest BCUT2D eigenvalue weighted by molar-refractivity contribution is 5.82. The Labute approximate surface area is 189 Å². The molecule has 2 saturated heterocycles. The molecule has 2 N–H and O–H groups in total. The number of nitrogens with one attached hydrogen (secondary N) is 2. The summed E-state index contributed by atoms with van der Waals surface area (Å²) in [6.45, 7) is 11.1. The highest BCUT2D eigenvalue weighted by Crippen LogP contribution is 2.65. The first-order valence-electron chi connectivity index (χ1n) is 13.5. The van der Waals surface area contributed by atoms with Crippen LogP contribution in [-0.2, 0) is 4.74 Å². The monoisotopic (exact) mass is 424 g/mol. The lowest BCUT2D eigenvalue weighted by Gasteiger charge is -2.52. The molecule has 2 aliphatic heterocycles. The molecule has 10 atom stereocenters. The zero-order valence-electron chi connectivity index (χ0n) is 20.3. The Bertz CT molecular complexity index is 803. The maximum absolute atomic E-state index is 8.27. The molecule has 0 aromatic carbocycles. The largest absolute Gasteiger partial charge is 0.369 e. The molecule has 31 heavy (non-hydrogen) atoms. The van der Waals surface area contributed by atoms with Crippen LogP contribution in [0.5, 0.6) is 0 Å². The molecule has 0 radical (unpaired) electrons.